The summed E-state index contributed by atoms with van der Waals surface area (Å²) in [6.07, 6.45) is 8.35. The molecular formula is C14H28N2O3. The number of nitrogens with one attached hydrogen (secondary N) is 2. The number of aliphatic hydroxyl groups is 1. The van der Waals surface area contributed by atoms with Crippen LogP contribution in [0, 0.1) is 5.92 Å². The fourth-order valence-electron chi connectivity index (χ4n) is 2.51. The van der Waals surface area contributed by atoms with Crippen molar-refractivity contribution in [1.82, 2.24) is 10.6 Å². The number of urea groups is 1. The van der Waals surface area contributed by atoms with Crippen LogP contribution in [0.4, 0.5) is 4.79 Å². The Labute approximate surface area is 116 Å². The molecule has 1 fully saturated rings. The maximum atomic E-state index is 11.6. The molecule has 5 nitrogen and oxygen atoms in total. The maximum Gasteiger partial charge on any atom is 0.314 e. The summed E-state index contributed by atoms with van der Waals surface area (Å²) in [6, 6.07) is -0.197. The van der Waals surface area contributed by atoms with Crippen LogP contribution in [0.2, 0.25) is 0 Å². The van der Waals surface area contributed by atoms with E-state index >= 15 is 0 Å². The first-order valence-corrected chi connectivity index (χ1v) is 7.41. The fourth-order valence-corrected chi connectivity index (χ4v) is 2.51. The number of aliphatic hydroxyl groups excluding tert-OH is 1. The summed E-state index contributed by atoms with van der Waals surface area (Å²) in [4.78, 5) is 11.6. The molecule has 19 heavy (non-hydrogen) atoms. The lowest BCUT2D eigenvalue weighted by atomic mass is 9.91. The van der Waals surface area contributed by atoms with Crippen molar-refractivity contribution in [2.75, 3.05) is 26.8 Å². The Balaban J connectivity index is 2.10. The van der Waals surface area contributed by atoms with Gasteiger partial charge in [-0.2, -0.15) is 0 Å². The predicted octanol–water partition coefficient (Wildman–Crippen LogP) is 1.65. The third-order valence-corrected chi connectivity index (χ3v) is 3.63. The number of amides is 2. The normalized spacial score (nSPS) is 19.3. The minimum atomic E-state index is -0.642. The summed E-state index contributed by atoms with van der Waals surface area (Å²) >= 11 is 0. The first-order chi connectivity index (χ1) is 9.22. The number of methoxy groups -OCH3 is 1. The Bertz CT molecular complexity index is 241. The zero-order valence-corrected chi connectivity index (χ0v) is 12.0. The van der Waals surface area contributed by atoms with Crippen molar-refractivity contribution in [3.8, 4) is 0 Å². The van der Waals surface area contributed by atoms with Crippen LogP contribution in [0.25, 0.3) is 0 Å². The van der Waals surface area contributed by atoms with E-state index in [4.69, 9.17) is 4.74 Å². The predicted molar refractivity (Wildman–Crippen MR) is 75.1 cm³/mol. The maximum absolute atomic E-state index is 11.6. The highest BCUT2D eigenvalue weighted by atomic mass is 16.5. The summed E-state index contributed by atoms with van der Waals surface area (Å²) in [5.74, 6) is 0.606. The number of hydrogen-bond donors (Lipinski definition) is 3. The molecule has 1 aliphatic rings. The first-order valence-electron chi connectivity index (χ1n) is 7.41. The number of hydrogen-bond acceptors (Lipinski definition) is 3. The molecule has 1 saturated carbocycles. The molecule has 0 aliphatic heterocycles. The third-order valence-electron chi connectivity index (χ3n) is 3.63. The molecule has 1 atom stereocenters. The largest absolute Gasteiger partial charge is 0.389 e. The summed E-state index contributed by atoms with van der Waals surface area (Å²) in [5.41, 5.74) is 0. The molecule has 1 rings (SSSR count). The van der Waals surface area contributed by atoms with Gasteiger partial charge >= 0.3 is 6.03 Å². The van der Waals surface area contributed by atoms with Gasteiger partial charge < -0.3 is 20.5 Å². The van der Waals surface area contributed by atoms with Crippen LogP contribution in [0.1, 0.15) is 44.9 Å². The molecule has 0 bridgehead atoms. The second-order valence-electron chi connectivity index (χ2n) is 5.41. The van der Waals surface area contributed by atoms with E-state index in [1.165, 1.54) is 52.1 Å². The van der Waals surface area contributed by atoms with Crippen molar-refractivity contribution >= 4 is 6.03 Å². The Morgan fingerprint density at radius 2 is 1.84 bits per heavy atom. The molecule has 0 heterocycles. The zero-order chi connectivity index (χ0) is 13.9. The molecule has 0 radical (unpaired) electrons. The van der Waals surface area contributed by atoms with Crippen LogP contribution in [-0.2, 0) is 4.74 Å². The van der Waals surface area contributed by atoms with Gasteiger partial charge in [-0.05, 0) is 18.8 Å². The average molecular weight is 272 g/mol. The van der Waals surface area contributed by atoms with Gasteiger partial charge in [0, 0.05) is 20.2 Å². The smallest absolute Gasteiger partial charge is 0.314 e. The van der Waals surface area contributed by atoms with Crippen molar-refractivity contribution in [2.45, 2.75) is 51.0 Å². The monoisotopic (exact) mass is 272 g/mol. The van der Waals surface area contributed by atoms with E-state index in [0.29, 0.717) is 5.92 Å². The molecule has 112 valence electrons. The van der Waals surface area contributed by atoms with Crippen LogP contribution < -0.4 is 10.6 Å². The second kappa shape index (κ2) is 10.0. The number of rotatable bonds is 6. The van der Waals surface area contributed by atoms with Crippen molar-refractivity contribution in [1.29, 1.82) is 0 Å². The van der Waals surface area contributed by atoms with Crippen molar-refractivity contribution in [3.05, 3.63) is 0 Å². The molecule has 3 N–H and O–H groups in total. The molecule has 1 unspecified atom stereocenters. The minimum absolute atomic E-state index is 0.197. The quantitative estimate of drug-likeness (QED) is 0.688. The molecule has 0 aromatic heterocycles. The number of carbonyl (C=O) groups excluding carboxylic acids is 1. The first kappa shape index (κ1) is 16.2. The minimum Gasteiger partial charge on any atom is -0.389 e. The van der Waals surface area contributed by atoms with Crippen molar-refractivity contribution < 1.29 is 14.6 Å². The van der Waals surface area contributed by atoms with E-state index in [0.717, 1.165) is 6.54 Å². The Kier molecular flexibility index (Phi) is 8.58. The molecule has 1 aliphatic carbocycles. The Hall–Kier alpha value is -0.810. The van der Waals surface area contributed by atoms with Gasteiger partial charge in [0.15, 0.2) is 0 Å². The highest BCUT2D eigenvalue weighted by Crippen LogP contribution is 2.21. The molecule has 0 aromatic rings. The van der Waals surface area contributed by atoms with Crippen molar-refractivity contribution in [3.63, 3.8) is 0 Å². The standard InChI is InChI=1S/C14H28N2O3/c1-19-11-13(17)10-16-14(18)15-9-12-7-5-3-2-4-6-8-12/h12-13,17H,2-11H2,1H3,(H2,15,16,18). The fraction of sp³-hybridized carbons (Fsp3) is 0.929. The summed E-state index contributed by atoms with van der Waals surface area (Å²) in [6.45, 7) is 1.21. The van der Waals surface area contributed by atoms with Gasteiger partial charge in [0.05, 0.1) is 12.7 Å². The topological polar surface area (TPSA) is 70.6 Å². The lowest BCUT2D eigenvalue weighted by Gasteiger charge is -2.20. The van der Waals surface area contributed by atoms with Crippen LogP contribution in [0.15, 0.2) is 0 Å². The molecule has 2 amide bonds. The SMILES string of the molecule is COCC(O)CNC(=O)NCC1CCCCCCC1. The van der Waals surface area contributed by atoms with Gasteiger partial charge in [-0.3, -0.25) is 0 Å². The van der Waals surface area contributed by atoms with Gasteiger partial charge in [0.1, 0.15) is 0 Å². The van der Waals surface area contributed by atoms with E-state index in [2.05, 4.69) is 10.6 Å². The molecule has 5 heteroatoms. The van der Waals surface area contributed by atoms with Gasteiger partial charge in [-0.15, -0.1) is 0 Å². The average Bonchev–Trinajstić information content (AvgIpc) is 2.35. The van der Waals surface area contributed by atoms with Crippen LogP contribution >= 0.6 is 0 Å². The lowest BCUT2D eigenvalue weighted by Crippen LogP contribution is -2.42. The Morgan fingerprint density at radius 3 is 2.47 bits per heavy atom. The molecule has 0 aromatic carbocycles. The van der Waals surface area contributed by atoms with Crippen molar-refractivity contribution in [2.24, 2.45) is 5.92 Å². The van der Waals surface area contributed by atoms with E-state index in [9.17, 15) is 9.90 Å². The highest BCUT2D eigenvalue weighted by Gasteiger charge is 2.13. The van der Waals surface area contributed by atoms with Gasteiger partial charge in [0.25, 0.3) is 0 Å². The summed E-state index contributed by atoms with van der Waals surface area (Å²) in [7, 11) is 1.53. The number of ether oxygens (including phenoxy) is 1. The van der Waals surface area contributed by atoms with E-state index in [1.807, 2.05) is 0 Å². The van der Waals surface area contributed by atoms with Gasteiger partial charge in [0.2, 0.25) is 0 Å². The molecular weight excluding hydrogens is 244 g/mol. The van der Waals surface area contributed by atoms with E-state index < -0.39 is 6.10 Å². The van der Waals surface area contributed by atoms with Crippen LogP contribution in [-0.4, -0.2) is 44.0 Å². The zero-order valence-electron chi connectivity index (χ0n) is 12.0. The van der Waals surface area contributed by atoms with E-state index in [-0.39, 0.29) is 19.2 Å². The van der Waals surface area contributed by atoms with Crippen LogP contribution in [0.5, 0.6) is 0 Å². The molecule has 0 spiro atoms. The van der Waals surface area contributed by atoms with Gasteiger partial charge in [-0.1, -0.05) is 32.1 Å². The highest BCUT2D eigenvalue weighted by molar-refractivity contribution is 5.73. The van der Waals surface area contributed by atoms with E-state index in [1.54, 1.807) is 0 Å². The third kappa shape index (κ3) is 8.06. The summed E-state index contributed by atoms with van der Waals surface area (Å²) in [5, 5.41) is 15.0. The Morgan fingerprint density at radius 1 is 1.21 bits per heavy atom. The second-order valence-corrected chi connectivity index (χ2v) is 5.41. The van der Waals surface area contributed by atoms with Gasteiger partial charge in [-0.25, -0.2) is 4.79 Å². The summed E-state index contributed by atoms with van der Waals surface area (Å²) < 4.78 is 4.80. The lowest BCUT2D eigenvalue weighted by molar-refractivity contribution is 0.0659. The molecule has 0 saturated heterocycles. The number of carbonyl (C=O) groups is 1. The van der Waals surface area contributed by atoms with Crippen LogP contribution in [0.3, 0.4) is 0 Å².